The Bertz CT molecular complexity index is 712. The number of carbonyl (C=O) groups is 1. The quantitative estimate of drug-likeness (QED) is 0.807. The Morgan fingerprint density at radius 3 is 2.70 bits per heavy atom. The Morgan fingerprint density at radius 2 is 2.04 bits per heavy atom. The predicted octanol–water partition coefficient (Wildman–Crippen LogP) is 3.59. The standard InChI is InChI=1S/C17H22FN3O2/c1-17(2,3)23-16(22)20-8-5-12(6-9-20)14-11-21-13(4-7-19-21)10-15(14)18/h4,7,10-12H,5-6,8-9H2,1-3H3. The van der Waals surface area contributed by atoms with Gasteiger partial charge in [0.15, 0.2) is 0 Å². The van der Waals surface area contributed by atoms with Gasteiger partial charge >= 0.3 is 6.09 Å². The number of carbonyl (C=O) groups excluding carboxylic acids is 1. The molecule has 3 rings (SSSR count). The molecule has 1 aliphatic heterocycles. The maximum absolute atomic E-state index is 14.3. The van der Waals surface area contributed by atoms with Crippen LogP contribution in [-0.2, 0) is 4.74 Å². The number of fused-ring (bicyclic) bond motifs is 1. The SMILES string of the molecule is CC(C)(C)OC(=O)N1CCC(c2cn3nccc3cc2F)CC1. The van der Waals surface area contributed by atoms with Gasteiger partial charge in [-0.2, -0.15) is 5.10 Å². The number of ether oxygens (including phenoxy) is 1. The zero-order chi connectivity index (χ0) is 16.6. The lowest BCUT2D eigenvalue weighted by Gasteiger charge is -2.33. The summed E-state index contributed by atoms with van der Waals surface area (Å²) in [7, 11) is 0. The fourth-order valence-corrected chi connectivity index (χ4v) is 2.95. The van der Waals surface area contributed by atoms with Gasteiger partial charge in [0.25, 0.3) is 0 Å². The van der Waals surface area contributed by atoms with Gasteiger partial charge in [0.1, 0.15) is 11.4 Å². The van der Waals surface area contributed by atoms with Crippen LogP contribution in [-0.4, -0.2) is 39.3 Å². The van der Waals surface area contributed by atoms with Gasteiger partial charge in [-0.25, -0.2) is 13.7 Å². The van der Waals surface area contributed by atoms with Crippen LogP contribution in [0.1, 0.15) is 45.1 Å². The lowest BCUT2D eigenvalue weighted by molar-refractivity contribution is 0.0204. The van der Waals surface area contributed by atoms with Gasteiger partial charge in [-0.1, -0.05) is 0 Å². The van der Waals surface area contributed by atoms with E-state index in [2.05, 4.69) is 5.10 Å². The van der Waals surface area contributed by atoms with E-state index >= 15 is 0 Å². The molecule has 1 amide bonds. The van der Waals surface area contributed by atoms with Crippen molar-refractivity contribution < 1.29 is 13.9 Å². The normalized spacial score (nSPS) is 16.8. The van der Waals surface area contributed by atoms with E-state index in [1.807, 2.05) is 20.8 Å². The van der Waals surface area contributed by atoms with Crippen LogP contribution in [0.25, 0.3) is 5.52 Å². The summed E-state index contributed by atoms with van der Waals surface area (Å²) >= 11 is 0. The summed E-state index contributed by atoms with van der Waals surface area (Å²) in [6.07, 6.45) is 4.58. The topological polar surface area (TPSA) is 46.8 Å². The van der Waals surface area contributed by atoms with Crippen LogP contribution in [0, 0.1) is 5.82 Å². The van der Waals surface area contributed by atoms with Crippen molar-refractivity contribution in [2.75, 3.05) is 13.1 Å². The lowest BCUT2D eigenvalue weighted by Crippen LogP contribution is -2.41. The van der Waals surface area contributed by atoms with Gasteiger partial charge in [0.2, 0.25) is 0 Å². The molecule has 5 nitrogen and oxygen atoms in total. The fourth-order valence-electron chi connectivity index (χ4n) is 2.95. The highest BCUT2D eigenvalue weighted by molar-refractivity contribution is 5.68. The van der Waals surface area contributed by atoms with Gasteiger partial charge in [-0.15, -0.1) is 0 Å². The maximum Gasteiger partial charge on any atom is 0.410 e. The monoisotopic (exact) mass is 319 g/mol. The molecule has 0 aliphatic carbocycles. The number of pyridine rings is 1. The number of amides is 1. The summed E-state index contributed by atoms with van der Waals surface area (Å²) < 4.78 is 21.4. The smallest absolute Gasteiger partial charge is 0.410 e. The maximum atomic E-state index is 14.3. The number of halogens is 1. The van der Waals surface area contributed by atoms with Gasteiger partial charge in [0.05, 0.1) is 5.52 Å². The molecule has 1 saturated heterocycles. The van der Waals surface area contributed by atoms with Gasteiger partial charge in [-0.05, 0) is 51.7 Å². The minimum absolute atomic E-state index is 0.0993. The summed E-state index contributed by atoms with van der Waals surface area (Å²) in [6, 6.07) is 3.29. The van der Waals surface area contributed by atoms with Crippen molar-refractivity contribution in [2.24, 2.45) is 0 Å². The van der Waals surface area contributed by atoms with E-state index in [0.29, 0.717) is 18.7 Å². The van der Waals surface area contributed by atoms with E-state index in [9.17, 15) is 9.18 Å². The summed E-state index contributed by atoms with van der Waals surface area (Å²) in [4.78, 5) is 13.8. The second-order valence-corrected chi connectivity index (χ2v) is 7.02. The minimum Gasteiger partial charge on any atom is -0.444 e. The molecular formula is C17H22FN3O2. The largest absolute Gasteiger partial charge is 0.444 e. The second kappa shape index (κ2) is 5.83. The first kappa shape index (κ1) is 15.8. The van der Waals surface area contributed by atoms with E-state index in [0.717, 1.165) is 18.4 Å². The molecule has 0 spiro atoms. The Hall–Kier alpha value is -2.11. The summed E-state index contributed by atoms with van der Waals surface area (Å²) in [5.41, 5.74) is 0.924. The summed E-state index contributed by atoms with van der Waals surface area (Å²) in [5.74, 6) is -0.101. The lowest BCUT2D eigenvalue weighted by atomic mass is 9.90. The van der Waals surface area contributed by atoms with Crippen LogP contribution in [0.4, 0.5) is 9.18 Å². The zero-order valence-electron chi connectivity index (χ0n) is 13.8. The van der Waals surface area contributed by atoms with Crippen molar-refractivity contribution in [1.82, 2.24) is 14.5 Å². The van der Waals surface area contributed by atoms with Crippen LogP contribution >= 0.6 is 0 Å². The predicted molar refractivity (Wildman–Crippen MR) is 84.9 cm³/mol. The Balaban J connectivity index is 1.68. The van der Waals surface area contributed by atoms with Gasteiger partial charge < -0.3 is 9.64 Å². The highest BCUT2D eigenvalue weighted by Gasteiger charge is 2.28. The third-order valence-corrected chi connectivity index (χ3v) is 4.10. The highest BCUT2D eigenvalue weighted by Crippen LogP contribution is 2.30. The van der Waals surface area contributed by atoms with Crippen molar-refractivity contribution in [1.29, 1.82) is 0 Å². The van der Waals surface area contributed by atoms with E-state index in [1.165, 1.54) is 6.07 Å². The van der Waals surface area contributed by atoms with E-state index in [4.69, 9.17) is 4.74 Å². The average molecular weight is 319 g/mol. The Morgan fingerprint density at radius 1 is 1.35 bits per heavy atom. The van der Waals surface area contributed by atoms with Crippen molar-refractivity contribution in [3.63, 3.8) is 0 Å². The molecule has 124 valence electrons. The van der Waals surface area contributed by atoms with Crippen molar-refractivity contribution in [3.05, 3.63) is 35.9 Å². The molecule has 0 aromatic carbocycles. The number of likely N-dealkylation sites (tertiary alicyclic amines) is 1. The van der Waals surface area contributed by atoms with E-state index < -0.39 is 5.60 Å². The van der Waals surface area contributed by atoms with Gasteiger partial charge in [-0.3, -0.25) is 0 Å². The third-order valence-electron chi connectivity index (χ3n) is 4.10. The zero-order valence-corrected chi connectivity index (χ0v) is 13.8. The van der Waals surface area contributed by atoms with Crippen LogP contribution in [0.5, 0.6) is 0 Å². The molecular weight excluding hydrogens is 297 g/mol. The first-order valence-corrected chi connectivity index (χ1v) is 7.94. The molecule has 0 radical (unpaired) electrons. The number of aromatic nitrogens is 2. The molecule has 0 N–H and O–H groups in total. The van der Waals surface area contributed by atoms with E-state index in [-0.39, 0.29) is 17.8 Å². The molecule has 0 saturated carbocycles. The fraction of sp³-hybridized carbons (Fsp3) is 0.529. The second-order valence-electron chi connectivity index (χ2n) is 7.02. The molecule has 0 bridgehead atoms. The van der Waals surface area contributed by atoms with Crippen LogP contribution in [0.2, 0.25) is 0 Å². The Kier molecular flexibility index (Phi) is 4.00. The number of hydrogen-bond donors (Lipinski definition) is 0. The molecule has 0 atom stereocenters. The molecule has 2 aromatic rings. The molecule has 23 heavy (non-hydrogen) atoms. The van der Waals surface area contributed by atoms with E-state index in [1.54, 1.807) is 27.9 Å². The minimum atomic E-state index is -0.495. The molecule has 1 fully saturated rings. The summed E-state index contributed by atoms with van der Waals surface area (Å²) in [5, 5.41) is 4.16. The number of nitrogens with zero attached hydrogens (tertiary/aromatic N) is 3. The highest BCUT2D eigenvalue weighted by atomic mass is 19.1. The van der Waals surface area contributed by atoms with Crippen LogP contribution in [0.3, 0.4) is 0 Å². The molecule has 3 heterocycles. The number of hydrogen-bond acceptors (Lipinski definition) is 3. The molecule has 6 heteroatoms. The van der Waals surface area contributed by atoms with Crippen LogP contribution < -0.4 is 0 Å². The van der Waals surface area contributed by atoms with Crippen molar-refractivity contribution in [3.8, 4) is 0 Å². The van der Waals surface area contributed by atoms with Crippen LogP contribution in [0.15, 0.2) is 24.5 Å². The number of rotatable bonds is 1. The Labute approximate surface area is 135 Å². The average Bonchev–Trinajstić information content (AvgIpc) is 2.92. The van der Waals surface area contributed by atoms with Crippen molar-refractivity contribution >= 4 is 11.6 Å². The third kappa shape index (κ3) is 3.46. The molecule has 2 aromatic heterocycles. The molecule has 1 aliphatic rings. The number of piperidine rings is 1. The first-order valence-electron chi connectivity index (χ1n) is 7.94. The summed E-state index contributed by atoms with van der Waals surface area (Å²) in [6.45, 7) is 6.72. The first-order chi connectivity index (χ1) is 10.8. The van der Waals surface area contributed by atoms with Gasteiger partial charge in [0, 0.05) is 31.0 Å². The molecule has 0 unspecified atom stereocenters. The van der Waals surface area contributed by atoms with Crippen molar-refractivity contribution in [2.45, 2.75) is 45.1 Å².